The monoisotopic (exact) mass is 383 g/mol. The van der Waals surface area contributed by atoms with Gasteiger partial charge in [-0.25, -0.2) is 9.78 Å². The second kappa shape index (κ2) is 8.06. The molecule has 4 rings (SSSR count). The van der Waals surface area contributed by atoms with Crippen LogP contribution in [0, 0.1) is 0 Å². The van der Waals surface area contributed by atoms with Crippen LogP contribution in [0.25, 0.3) is 0 Å². The molecule has 0 bridgehead atoms. The highest BCUT2D eigenvalue weighted by Gasteiger charge is 2.24. The maximum atomic E-state index is 11.8. The first-order valence-corrected chi connectivity index (χ1v) is 9.67. The van der Waals surface area contributed by atoms with Crippen molar-refractivity contribution in [2.24, 2.45) is 0 Å². The summed E-state index contributed by atoms with van der Waals surface area (Å²) >= 11 is 0. The Labute approximate surface area is 164 Å². The fourth-order valence-electron chi connectivity index (χ4n) is 3.63. The molecular formula is C21H25N3O4. The van der Waals surface area contributed by atoms with E-state index in [-0.39, 0.29) is 5.97 Å². The number of carbonyl (C=O) groups is 1. The SMILES string of the molecule is CCOC(=O)c1ccc(N2CCN([C@@H](C)c3ccc4c(c3)OCO4)CC2)nc1. The molecule has 0 aliphatic carbocycles. The number of piperazine rings is 1. The Morgan fingerprint density at radius 3 is 2.64 bits per heavy atom. The summed E-state index contributed by atoms with van der Waals surface area (Å²) in [4.78, 5) is 20.9. The quantitative estimate of drug-likeness (QED) is 0.736. The minimum absolute atomic E-state index is 0.299. The lowest BCUT2D eigenvalue weighted by molar-refractivity contribution is 0.0526. The second-order valence-corrected chi connectivity index (χ2v) is 6.94. The molecule has 28 heavy (non-hydrogen) atoms. The molecule has 0 radical (unpaired) electrons. The standard InChI is InChI=1S/C21H25N3O4/c1-3-26-21(25)17-5-7-20(22-13-17)24-10-8-23(9-11-24)15(2)16-4-6-18-19(12-16)28-14-27-18/h4-7,12-13,15H,3,8-11,14H2,1-2H3/t15-/m0/s1. The van der Waals surface area contributed by atoms with E-state index in [1.165, 1.54) is 5.56 Å². The molecule has 7 heteroatoms. The average Bonchev–Trinajstić information content (AvgIpc) is 3.21. The number of benzene rings is 1. The first kappa shape index (κ1) is 18.6. The van der Waals surface area contributed by atoms with E-state index in [0.717, 1.165) is 43.5 Å². The van der Waals surface area contributed by atoms with Crippen molar-refractivity contribution in [3.63, 3.8) is 0 Å². The zero-order valence-corrected chi connectivity index (χ0v) is 16.3. The molecular weight excluding hydrogens is 358 g/mol. The van der Waals surface area contributed by atoms with Crippen molar-refractivity contribution in [3.8, 4) is 11.5 Å². The topological polar surface area (TPSA) is 64.1 Å². The highest BCUT2D eigenvalue weighted by atomic mass is 16.7. The summed E-state index contributed by atoms with van der Waals surface area (Å²) in [5.74, 6) is 2.21. The van der Waals surface area contributed by atoms with Crippen LogP contribution in [-0.4, -0.2) is 55.4 Å². The van der Waals surface area contributed by atoms with E-state index < -0.39 is 0 Å². The van der Waals surface area contributed by atoms with Gasteiger partial charge in [0.2, 0.25) is 6.79 Å². The number of carbonyl (C=O) groups excluding carboxylic acids is 1. The van der Waals surface area contributed by atoms with E-state index in [0.29, 0.717) is 25.0 Å². The van der Waals surface area contributed by atoms with Crippen LogP contribution in [0.15, 0.2) is 36.5 Å². The van der Waals surface area contributed by atoms with Crippen molar-refractivity contribution < 1.29 is 19.0 Å². The van der Waals surface area contributed by atoms with Gasteiger partial charge >= 0.3 is 5.97 Å². The van der Waals surface area contributed by atoms with Gasteiger partial charge in [-0.2, -0.15) is 0 Å². The largest absolute Gasteiger partial charge is 0.462 e. The van der Waals surface area contributed by atoms with Gasteiger partial charge in [0.1, 0.15) is 5.82 Å². The molecule has 2 aliphatic heterocycles. The highest BCUT2D eigenvalue weighted by molar-refractivity contribution is 5.89. The molecule has 148 valence electrons. The molecule has 3 heterocycles. The lowest BCUT2D eigenvalue weighted by Gasteiger charge is -2.38. The summed E-state index contributed by atoms with van der Waals surface area (Å²) in [5, 5.41) is 0. The number of fused-ring (bicyclic) bond motifs is 1. The van der Waals surface area contributed by atoms with Crippen LogP contribution in [0.1, 0.15) is 35.8 Å². The Bertz CT molecular complexity index is 832. The number of aromatic nitrogens is 1. The molecule has 0 N–H and O–H groups in total. The molecule has 7 nitrogen and oxygen atoms in total. The summed E-state index contributed by atoms with van der Waals surface area (Å²) in [7, 11) is 0. The third-order valence-corrected chi connectivity index (χ3v) is 5.32. The lowest BCUT2D eigenvalue weighted by atomic mass is 10.1. The van der Waals surface area contributed by atoms with E-state index in [9.17, 15) is 4.79 Å². The van der Waals surface area contributed by atoms with Crippen LogP contribution < -0.4 is 14.4 Å². The Morgan fingerprint density at radius 1 is 1.14 bits per heavy atom. The van der Waals surface area contributed by atoms with Gasteiger partial charge in [-0.1, -0.05) is 6.07 Å². The molecule has 1 saturated heterocycles. The van der Waals surface area contributed by atoms with Crippen molar-refractivity contribution in [2.45, 2.75) is 19.9 Å². The maximum absolute atomic E-state index is 11.8. The van der Waals surface area contributed by atoms with E-state index in [4.69, 9.17) is 14.2 Å². The third-order valence-electron chi connectivity index (χ3n) is 5.32. The second-order valence-electron chi connectivity index (χ2n) is 6.94. The van der Waals surface area contributed by atoms with Crippen molar-refractivity contribution in [1.82, 2.24) is 9.88 Å². The van der Waals surface area contributed by atoms with Crippen molar-refractivity contribution in [2.75, 3.05) is 44.5 Å². The molecule has 2 aromatic rings. The van der Waals surface area contributed by atoms with Crippen LogP contribution in [-0.2, 0) is 4.74 Å². The van der Waals surface area contributed by atoms with Gasteiger partial charge in [-0.15, -0.1) is 0 Å². The van der Waals surface area contributed by atoms with Gasteiger partial charge < -0.3 is 19.1 Å². The molecule has 1 atom stereocenters. The van der Waals surface area contributed by atoms with Gasteiger partial charge in [0, 0.05) is 38.4 Å². The molecule has 1 fully saturated rings. The summed E-state index contributed by atoms with van der Waals surface area (Å²) in [6.45, 7) is 8.34. The molecule has 0 amide bonds. The maximum Gasteiger partial charge on any atom is 0.339 e. The molecule has 1 aromatic carbocycles. The fourth-order valence-corrected chi connectivity index (χ4v) is 3.63. The van der Waals surface area contributed by atoms with E-state index in [1.54, 1.807) is 19.2 Å². The van der Waals surface area contributed by atoms with Gasteiger partial charge in [0.05, 0.1) is 12.2 Å². The van der Waals surface area contributed by atoms with E-state index in [1.807, 2.05) is 12.1 Å². The van der Waals surface area contributed by atoms with E-state index >= 15 is 0 Å². The normalized spacial score (nSPS) is 17.4. The average molecular weight is 383 g/mol. The predicted molar refractivity (Wildman–Crippen MR) is 105 cm³/mol. The molecule has 0 spiro atoms. The van der Waals surface area contributed by atoms with Crippen LogP contribution in [0.4, 0.5) is 5.82 Å². The van der Waals surface area contributed by atoms with Crippen molar-refractivity contribution in [3.05, 3.63) is 47.7 Å². The fraction of sp³-hybridized carbons (Fsp3) is 0.429. The number of hydrogen-bond acceptors (Lipinski definition) is 7. The third kappa shape index (κ3) is 3.75. The number of pyridine rings is 1. The van der Waals surface area contributed by atoms with E-state index in [2.05, 4.69) is 33.8 Å². The number of anilines is 1. The van der Waals surface area contributed by atoms with Crippen LogP contribution in [0.3, 0.4) is 0 Å². The summed E-state index contributed by atoms with van der Waals surface area (Å²) < 4.78 is 15.9. The highest BCUT2D eigenvalue weighted by Crippen LogP contribution is 2.35. The molecule has 1 aromatic heterocycles. The Hall–Kier alpha value is -2.80. The molecule has 0 saturated carbocycles. The first-order valence-electron chi connectivity index (χ1n) is 9.67. The summed E-state index contributed by atoms with van der Waals surface area (Å²) in [5.41, 5.74) is 1.72. The molecule has 2 aliphatic rings. The lowest BCUT2D eigenvalue weighted by Crippen LogP contribution is -2.47. The number of hydrogen-bond donors (Lipinski definition) is 0. The van der Waals surface area contributed by atoms with Crippen molar-refractivity contribution in [1.29, 1.82) is 0 Å². The number of esters is 1. The Balaban J connectivity index is 1.36. The smallest absolute Gasteiger partial charge is 0.339 e. The number of ether oxygens (including phenoxy) is 3. The van der Waals surface area contributed by atoms with Crippen LogP contribution in [0.2, 0.25) is 0 Å². The van der Waals surface area contributed by atoms with Gasteiger partial charge in [0.15, 0.2) is 11.5 Å². The first-order chi connectivity index (χ1) is 13.7. The minimum atomic E-state index is -0.330. The van der Waals surface area contributed by atoms with Gasteiger partial charge in [-0.3, -0.25) is 4.90 Å². The predicted octanol–water partition coefficient (Wildman–Crippen LogP) is 2.87. The zero-order chi connectivity index (χ0) is 19.5. The summed E-state index contributed by atoms with van der Waals surface area (Å²) in [6, 6.07) is 10.1. The summed E-state index contributed by atoms with van der Waals surface area (Å²) in [6.07, 6.45) is 1.59. The van der Waals surface area contributed by atoms with Gasteiger partial charge in [-0.05, 0) is 43.7 Å². The van der Waals surface area contributed by atoms with Gasteiger partial charge in [0.25, 0.3) is 0 Å². The van der Waals surface area contributed by atoms with Crippen LogP contribution >= 0.6 is 0 Å². The molecule has 0 unspecified atom stereocenters. The van der Waals surface area contributed by atoms with Crippen molar-refractivity contribution >= 4 is 11.8 Å². The Kier molecular flexibility index (Phi) is 5.34. The number of rotatable bonds is 5. The zero-order valence-electron chi connectivity index (χ0n) is 16.3. The Morgan fingerprint density at radius 2 is 1.93 bits per heavy atom. The minimum Gasteiger partial charge on any atom is -0.462 e. The number of nitrogens with zero attached hydrogens (tertiary/aromatic N) is 3. The van der Waals surface area contributed by atoms with Crippen LogP contribution in [0.5, 0.6) is 11.5 Å².